The number of H-pyrrole nitrogens is 1. The summed E-state index contributed by atoms with van der Waals surface area (Å²) in [5.41, 5.74) is 4.33. The second-order valence-electron chi connectivity index (χ2n) is 5.91. The molecule has 1 heterocycles. The molecule has 1 fully saturated rings. The molecule has 0 amide bonds. The van der Waals surface area contributed by atoms with Gasteiger partial charge in [0.25, 0.3) is 5.56 Å². The second kappa shape index (κ2) is 5.91. The van der Waals surface area contributed by atoms with Gasteiger partial charge in [0, 0.05) is 11.5 Å². The minimum Gasteiger partial charge on any atom is -0.306 e. The zero-order valence-electron chi connectivity index (χ0n) is 12.4. The molecule has 110 valence electrons. The van der Waals surface area contributed by atoms with Gasteiger partial charge in [-0.05, 0) is 60.9 Å². The molecular formula is C17H19IN2O. The first-order valence-corrected chi connectivity index (χ1v) is 8.51. The minimum atomic E-state index is -0.0107. The molecule has 0 atom stereocenters. The summed E-state index contributed by atoms with van der Waals surface area (Å²) in [7, 11) is 0. The lowest BCUT2D eigenvalue weighted by molar-refractivity contribution is 0.687. The van der Waals surface area contributed by atoms with Crippen LogP contribution < -0.4 is 5.56 Å². The molecular weight excluding hydrogens is 375 g/mol. The van der Waals surface area contributed by atoms with Crippen molar-refractivity contribution in [3.63, 3.8) is 0 Å². The molecule has 0 spiro atoms. The van der Waals surface area contributed by atoms with Crippen molar-refractivity contribution in [2.75, 3.05) is 0 Å². The third-order valence-corrected chi connectivity index (χ3v) is 5.32. The fourth-order valence-electron chi connectivity index (χ4n) is 3.06. The van der Waals surface area contributed by atoms with E-state index in [0.29, 0.717) is 11.7 Å². The van der Waals surface area contributed by atoms with Gasteiger partial charge in [-0.2, -0.15) is 0 Å². The number of rotatable bonds is 2. The van der Waals surface area contributed by atoms with Crippen LogP contribution in [0.4, 0.5) is 0 Å². The Labute approximate surface area is 138 Å². The van der Waals surface area contributed by atoms with Gasteiger partial charge in [0.2, 0.25) is 0 Å². The molecule has 1 aromatic carbocycles. The minimum absolute atomic E-state index is 0.0107. The lowest BCUT2D eigenvalue weighted by Crippen LogP contribution is -2.18. The van der Waals surface area contributed by atoms with Gasteiger partial charge >= 0.3 is 0 Å². The third-order valence-electron chi connectivity index (χ3n) is 4.28. The Hall–Kier alpha value is -1.17. The Balaban J connectivity index is 2.15. The van der Waals surface area contributed by atoms with E-state index in [9.17, 15) is 4.79 Å². The van der Waals surface area contributed by atoms with Crippen molar-refractivity contribution in [2.45, 2.75) is 45.4 Å². The number of hydrogen-bond acceptors (Lipinski definition) is 2. The first-order chi connectivity index (χ1) is 10.1. The van der Waals surface area contributed by atoms with E-state index in [1.54, 1.807) is 0 Å². The molecule has 21 heavy (non-hydrogen) atoms. The summed E-state index contributed by atoms with van der Waals surface area (Å²) in [6.45, 7) is 4.12. The van der Waals surface area contributed by atoms with Crippen molar-refractivity contribution in [3.8, 4) is 11.4 Å². The summed E-state index contributed by atoms with van der Waals surface area (Å²) in [4.78, 5) is 20.1. The molecule has 3 nitrogen and oxygen atoms in total. The molecule has 0 aliphatic heterocycles. The standard InChI is InChI=1S/C17H19IN2O/c1-10-7-8-11(2)13(9-10)16-19-15(12-5-3-4-6-12)14(18)17(21)20-16/h7-9,12H,3-6H2,1-2H3,(H,19,20,21). The van der Waals surface area contributed by atoms with Crippen LogP contribution in [0.2, 0.25) is 0 Å². The average molecular weight is 394 g/mol. The topological polar surface area (TPSA) is 45.8 Å². The van der Waals surface area contributed by atoms with Crippen molar-refractivity contribution >= 4 is 22.6 Å². The lowest BCUT2D eigenvalue weighted by Gasteiger charge is -2.13. The van der Waals surface area contributed by atoms with Crippen LogP contribution in [0.1, 0.15) is 48.4 Å². The third kappa shape index (κ3) is 2.91. The van der Waals surface area contributed by atoms with Crippen LogP contribution in [0.15, 0.2) is 23.0 Å². The fraction of sp³-hybridized carbons (Fsp3) is 0.412. The van der Waals surface area contributed by atoms with Gasteiger partial charge in [-0.25, -0.2) is 4.98 Å². The van der Waals surface area contributed by atoms with Gasteiger partial charge in [-0.1, -0.05) is 30.5 Å². The number of halogens is 1. The van der Waals surface area contributed by atoms with Crippen LogP contribution in [-0.2, 0) is 0 Å². The molecule has 0 radical (unpaired) electrons. The fourth-order valence-corrected chi connectivity index (χ4v) is 3.76. The summed E-state index contributed by atoms with van der Waals surface area (Å²) in [6, 6.07) is 6.26. The molecule has 1 aliphatic carbocycles. The maximum Gasteiger partial charge on any atom is 0.264 e. The SMILES string of the molecule is Cc1ccc(C)c(-c2nc(C3CCCC3)c(I)c(=O)[nH]2)c1. The second-order valence-corrected chi connectivity index (χ2v) is 6.99. The van der Waals surface area contributed by atoms with Gasteiger partial charge in [0.05, 0.1) is 9.26 Å². The van der Waals surface area contributed by atoms with Crippen molar-refractivity contribution in [3.05, 3.63) is 48.9 Å². The van der Waals surface area contributed by atoms with Crippen LogP contribution in [0, 0.1) is 17.4 Å². The highest BCUT2D eigenvalue weighted by Gasteiger charge is 2.23. The first-order valence-electron chi connectivity index (χ1n) is 7.43. The van der Waals surface area contributed by atoms with Crippen LogP contribution in [-0.4, -0.2) is 9.97 Å². The van der Waals surface area contributed by atoms with Crippen molar-refractivity contribution in [2.24, 2.45) is 0 Å². The van der Waals surface area contributed by atoms with Crippen molar-refractivity contribution in [1.82, 2.24) is 9.97 Å². The van der Waals surface area contributed by atoms with Gasteiger partial charge in [0.15, 0.2) is 0 Å². The van der Waals surface area contributed by atoms with Gasteiger partial charge in [0.1, 0.15) is 5.82 Å². The van der Waals surface area contributed by atoms with E-state index >= 15 is 0 Å². The van der Waals surface area contributed by atoms with E-state index in [-0.39, 0.29) is 5.56 Å². The summed E-state index contributed by atoms with van der Waals surface area (Å²) in [5.74, 6) is 1.16. The Kier molecular flexibility index (Phi) is 4.15. The van der Waals surface area contributed by atoms with Crippen molar-refractivity contribution in [1.29, 1.82) is 0 Å². The number of aromatic amines is 1. The molecule has 1 aromatic heterocycles. The molecule has 2 aromatic rings. The van der Waals surface area contributed by atoms with Gasteiger partial charge in [-0.3, -0.25) is 4.79 Å². The number of aromatic nitrogens is 2. The lowest BCUT2D eigenvalue weighted by atomic mass is 10.0. The summed E-state index contributed by atoms with van der Waals surface area (Å²) < 4.78 is 0.758. The highest BCUT2D eigenvalue weighted by Crippen LogP contribution is 2.35. The summed E-state index contributed by atoms with van der Waals surface area (Å²) >= 11 is 2.14. The Morgan fingerprint density at radius 1 is 1.24 bits per heavy atom. The van der Waals surface area contributed by atoms with E-state index in [1.165, 1.54) is 18.4 Å². The molecule has 1 aliphatic rings. The van der Waals surface area contributed by atoms with E-state index in [4.69, 9.17) is 4.98 Å². The summed E-state index contributed by atoms with van der Waals surface area (Å²) in [6.07, 6.45) is 4.79. The highest BCUT2D eigenvalue weighted by atomic mass is 127. The maximum atomic E-state index is 12.3. The Morgan fingerprint density at radius 3 is 2.67 bits per heavy atom. The quantitative estimate of drug-likeness (QED) is 0.772. The van der Waals surface area contributed by atoms with Crippen LogP contribution in [0.3, 0.4) is 0 Å². The molecule has 1 saturated carbocycles. The highest BCUT2D eigenvalue weighted by molar-refractivity contribution is 14.1. The van der Waals surface area contributed by atoms with Gasteiger partial charge < -0.3 is 4.98 Å². The largest absolute Gasteiger partial charge is 0.306 e. The van der Waals surface area contributed by atoms with E-state index in [1.807, 2.05) is 0 Å². The van der Waals surface area contributed by atoms with Crippen LogP contribution in [0.5, 0.6) is 0 Å². The number of nitrogens with zero attached hydrogens (tertiary/aromatic N) is 1. The molecule has 3 rings (SSSR count). The van der Waals surface area contributed by atoms with Crippen molar-refractivity contribution < 1.29 is 0 Å². The predicted molar refractivity (Wildman–Crippen MR) is 93.7 cm³/mol. The molecule has 0 bridgehead atoms. The van der Waals surface area contributed by atoms with Crippen LogP contribution in [0.25, 0.3) is 11.4 Å². The number of aryl methyl sites for hydroxylation is 2. The number of benzene rings is 1. The van der Waals surface area contributed by atoms with E-state index < -0.39 is 0 Å². The normalized spacial score (nSPS) is 15.6. The first kappa shape index (κ1) is 14.8. The van der Waals surface area contributed by atoms with Gasteiger partial charge in [-0.15, -0.1) is 0 Å². The molecule has 4 heteroatoms. The molecule has 0 unspecified atom stereocenters. The molecule has 0 saturated heterocycles. The predicted octanol–water partition coefficient (Wildman–Crippen LogP) is 4.32. The monoisotopic (exact) mass is 394 g/mol. The Morgan fingerprint density at radius 2 is 1.95 bits per heavy atom. The zero-order chi connectivity index (χ0) is 15.0. The zero-order valence-corrected chi connectivity index (χ0v) is 14.5. The van der Waals surface area contributed by atoms with E-state index in [0.717, 1.165) is 33.2 Å². The smallest absolute Gasteiger partial charge is 0.264 e. The number of hydrogen-bond donors (Lipinski definition) is 1. The van der Waals surface area contributed by atoms with E-state index in [2.05, 4.69) is 59.6 Å². The average Bonchev–Trinajstić information content (AvgIpc) is 2.98. The molecule has 1 N–H and O–H groups in total. The summed E-state index contributed by atoms with van der Waals surface area (Å²) in [5, 5.41) is 0. The maximum absolute atomic E-state index is 12.3. The Bertz CT molecular complexity index is 730. The van der Waals surface area contributed by atoms with Crippen LogP contribution >= 0.6 is 22.6 Å². The number of nitrogens with one attached hydrogen (secondary N) is 1.